The van der Waals surface area contributed by atoms with E-state index in [0.29, 0.717) is 12.5 Å². The predicted octanol–water partition coefficient (Wildman–Crippen LogP) is -0.499. The van der Waals surface area contributed by atoms with Gasteiger partial charge in [0.1, 0.15) is 0 Å². The molecule has 4 N–H and O–H groups in total. The smallest absolute Gasteiger partial charge is 0.321 e. The van der Waals surface area contributed by atoms with Crippen molar-refractivity contribution in [1.82, 2.24) is 15.5 Å². The Morgan fingerprint density at radius 1 is 1.41 bits per heavy atom. The van der Waals surface area contributed by atoms with E-state index in [9.17, 15) is 9.59 Å². The molecule has 1 aliphatic heterocycles. The van der Waals surface area contributed by atoms with E-state index in [0.717, 1.165) is 25.9 Å². The topological polar surface area (TPSA) is 87.5 Å². The molecule has 1 fully saturated rings. The Morgan fingerprint density at radius 3 is 2.47 bits per heavy atom. The van der Waals surface area contributed by atoms with Crippen LogP contribution in [0.25, 0.3) is 0 Å². The van der Waals surface area contributed by atoms with Gasteiger partial charge in [0.2, 0.25) is 5.91 Å². The quantitative estimate of drug-likeness (QED) is 0.622. The van der Waals surface area contributed by atoms with Gasteiger partial charge >= 0.3 is 6.03 Å². The van der Waals surface area contributed by atoms with Crippen LogP contribution in [0.2, 0.25) is 0 Å². The van der Waals surface area contributed by atoms with Gasteiger partial charge in [0.15, 0.2) is 0 Å². The van der Waals surface area contributed by atoms with E-state index < -0.39 is 6.03 Å². The second kappa shape index (κ2) is 6.56. The third-order valence-corrected chi connectivity index (χ3v) is 3.37. The highest BCUT2D eigenvalue weighted by molar-refractivity contribution is 5.96. The zero-order valence-electron chi connectivity index (χ0n) is 10.5. The molecule has 1 atom stereocenters. The van der Waals surface area contributed by atoms with E-state index in [1.54, 1.807) is 0 Å². The minimum atomic E-state index is -0.460. The lowest BCUT2D eigenvalue weighted by molar-refractivity contribution is -0.125. The molecule has 0 aromatic heterocycles. The van der Waals surface area contributed by atoms with Crippen LogP contribution >= 0.6 is 0 Å². The van der Waals surface area contributed by atoms with Gasteiger partial charge in [0.05, 0.1) is 6.04 Å². The monoisotopic (exact) mass is 242 g/mol. The van der Waals surface area contributed by atoms with Gasteiger partial charge in [0, 0.05) is 7.05 Å². The Hall–Kier alpha value is -1.14. The molecule has 1 rings (SSSR count). The third-order valence-electron chi connectivity index (χ3n) is 3.37. The minimum absolute atomic E-state index is 0.254. The van der Waals surface area contributed by atoms with E-state index >= 15 is 0 Å². The van der Waals surface area contributed by atoms with Crippen LogP contribution in [0.5, 0.6) is 0 Å². The number of likely N-dealkylation sites (tertiary alicyclic amines) is 1. The molecular formula is C11H22N4O2. The van der Waals surface area contributed by atoms with Crippen molar-refractivity contribution in [3.8, 4) is 0 Å². The van der Waals surface area contributed by atoms with Gasteiger partial charge in [-0.25, -0.2) is 4.79 Å². The number of hydrogen-bond donors (Lipinski definition) is 3. The molecule has 6 nitrogen and oxygen atoms in total. The van der Waals surface area contributed by atoms with Gasteiger partial charge in [-0.15, -0.1) is 0 Å². The first-order valence-electron chi connectivity index (χ1n) is 6.05. The normalized spacial score (nSPS) is 19.7. The number of piperidine rings is 1. The Morgan fingerprint density at radius 2 is 2.00 bits per heavy atom. The second-order valence-electron chi connectivity index (χ2n) is 4.46. The molecular weight excluding hydrogens is 220 g/mol. The van der Waals surface area contributed by atoms with Gasteiger partial charge < -0.3 is 11.1 Å². The molecule has 1 heterocycles. The van der Waals surface area contributed by atoms with Gasteiger partial charge in [-0.2, -0.15) is 0 Å². The zero-order valence-corrected chi connectivity index (χ0v) is 10.5. The van der Waals surface area contributed by atoms with Crippen LogP contribution in [0.1, 0.15) is 19.8 Å². The zero-order chi connectivity index (χ0) is 12.8. The molecule has 1 aliphatic rings. The van der Waals surface area contributed by atoms with Crippen LogP contribution in [0.15, 0.2) is 0 Å². The summed E-state index contributed by atoms with van der Waals surface area (Å²) in [6.45, 7) is 4.27. The first-order chi connectivity index (χ1) is 8.08. The number of nitrogens with zero attached hydrogens (tertiary/aromatic N) is 1. The number of nitrogens with one attached hydrogen (secondary N) is 2. The van der Waals surface area contributed by atoms with Crippen molar-refractivity contribution in [2.45, 2.75) is 25.8 Å². The molecule has 0 radical (unpaired) electrons. The maximum absolute atomic E-state index is 11.7. The van der Waals surface area contributed by atoms with Crippen molar-refractivity contribution in [2.75, 3.05) is 26.7 Å². The summed E-state index contributed by atoms with van der Waals surface area (Å²) in [6, 6.07) is -0.732. The average Bonchev–Trinajstić information content (AvgIpc) is 2.37. The van der Waals surface area contributed by atoms with E-state index in [-0.39, 0.29) is 11.9 Å². The SMILES string of the molecule is CNC(=O)NC(=O)C(C)N1CCC(CN)CC1. The molecule has 0 aromatic rings. The van der Waals surface area contributed by atoms with Crippen LogP contribution < -0.4 is 16.4 Å². The molecule has 6 heteroatoms. The Balaban J connectivity index is 2.40. The van der Waals surface area contributed by atoms with Crippen molar-refractivity contribution in [3.63, 3.8) is 0 Å². The number of carbonyl (C=O) groups is 2. The van der Waals surface area contributed by atoms with Crippen molar-refractivity contribution in [3.05, 3.63) is 0 Å². The molecule has 3 amide bonds. The maximum Gasteiger partial charge on any atom is 0.321 e. The molecule has 0 saturated carbocycles. The van der Waals surface area contributed by atoms with Gasteiger partial charge in [-0.05, 0) is 45.3 Å². The largest absolute Gasteiger partial charge is 0.341 e. The molecule has 17 heavy (non-hydrogen) atoms. The maximum atomic E-state index is 11.7. The van der Waals surface area contributed by atoms with Crippen LogP contribution in [-0.2, 0) is 4.79 Å². The summed E-state index contributed by atoms with van der Waals surface area (Å²) in [5.41, 5.74) is 5.62. The Labute approximate surface area is 102 Å². The summed E-state index contributed by atoms with van der Waals surface area (Å²) in [4.78, 5) is 24.8. The number of nitrogens with two attached hydrogens (primary N) is 1. The van der Waals surface area contributed by atoms with E-state index in [1.807, 2.05) is 6.92 Å². The highest BCUT2D eigenvalue weighted by Crippen LogP contribution is 2.17. The lowest BCUT2D eigenvalue weighted by atomic mass is 9.96. The summed E-state index contributed by atoms with van der Waals surface area (Å²) in [5.74, 6) is 0.316. The number of urea groups is 1. The third kappa shape index (κ3) is 3.98. The average molecular weight is 242 g/mol. The van der Waals surface area contributed by atoms with Gasteiger partial charge in [-0.1, -0.05) is 0 Å². The number of hydrogen-bond acceptors (Lipinski definition) is 4. The van der Waals surface area contributed by atoms with Crippen molar-refractivity contribution < 1.29 is 9.59 Å². The van der Waals surface area contributed by atoms with Crippen molar-refractivity contribution in [2.24, 2.45) is 11.7 Å². The van der Waals surface area contributed by atoms with Crippen LogP contribution in [0.4, 0.5) is 4.79 Å². The van der Waals surface area contributed by atoms with E-state index in [2.05, 4.69) is 15.5 Å². The first kappa shape index (κ1) is 13.9. The molecule has 0 bridgehead atoms. The number of rotatable bonds is 3. The highest BCUT2D eigenvalue weighted by Gasteiger charge is 2.26. The van der Waals surface area contributed by atoms with Crippen LogP contribution in [0.3, 0.4) is 0 Å². The summed E-state index contributed by atoms with van der Waals surface area (Å²) in [6.07, 6.45) is 2.04. The van der Waals surface area contributed by atoms with Gasteiger partial charge in [0.25, 0.3) is 0 Å². The number of imide groups is 1. The Kier molecular flexibility index (Phi) is 5.37. The number of amides is 3. The van der Waals surface area contributed by atoms with Crippen LogP contribution in [-0.4, -0.2) is 49.6 Å². The highest BCUT2D eigenvalue weighted by atomic mass is 16.2. The first-order valence-corrected chi connectivity index (χ1v) is 6.05. The molecule has 1 unspecified atom stereocenters. The van der Waals surface area contributed by atoms with E-state index in [1.165, 1.54) is 7.05 Å². The molecule has 0 aromatic carbocycles. The Bertz CT molecular complexity index is 275. The molecule has 98 valence electrons. The standard InChI is InChI=1S/C11H22N4O2/c1-8(10(16)14-11(17)13-2)15-5-3-9(7-12)4-6-15/h8-9H,3-7,12H2,1-2H3,(H2,13,14,16,17). The molecule has 0 spiro atoms. The lowest BCUT2D eigenvalue weighted by Gasteiger charge is -2.34. The summed E-state index contributed by atoms with van der Waals surface area (Å²) < 4.78 is 0. The fraction of sp³-hybridized carbons (Fsp3) is 0.818. The predicted molar refractivity (Wildman–Crippen MR) is 65.4 cm³/mol. The molecule has 1 saturated heterocycles. The van der Waals surface area contributed by atoms with E-state index in [4.69, 9.17) is 5.73 Å². The van der Waals surface area contributed by atoms with Crippen molar-refractivity contribution >= 4 is 11.9 Å². The fourth-order valence-corrected chi connectivity index (χ4v) is 2.02. The second-order valence-corrected chi connectivity index (χ2v) is 4.46. The molecule has 0 aliphatic carbocycles. The van der Waals surface area contributed by atoms with Crippen LogP contribution in [0, 0.1) is 5.92 Å². The van der Waals surface area contributed by atoms with Gasteiger partial charge in [-0.3, -0.25) is 15.0 Å². The lowest BCUT2D eigenvalue weighted by Crippen LogP contribution is -2.51. The minimum Gasteiger partial charge on any atom is -0.341 e. The summed E-state index contributed by atoms with van der Waals surface area (Å²) >= 11 is 0. The summed E-state index contributed by atoms with van der Waals surface area (Å²) in [7, 11) is 1.49. The summed E-state index contributed by atoms with van der Waals surface area (Å²) in [5, 5.41) is 4.66. The fourth-order valence-electron chi connectivity index (χ4n) is 2.02. The number of carbonyl (C=O) groups excluding carboxylic acids is 2. The van der Waals surface area contributed by atoms with Crippen molar-refractivity contribution in [1.29, 1.82) is 0 Å².